The van der Waals surface area contributed by atoms with Crippen LogP contribution in [-0.2, 0) is 20.4 Å². The van der Waals surface area contributed by atoms with Gasteiger partial charge in [-0.3, -0.25) is 0 Å². The van der Waals surface area contributed by atoms with Crippen molar-refractivity contribution in [2.24, 2.45) is 0 Å². The standard InChI is InChI=1S/C7H4NO.C2H6.4ClH.Ti/c1-2-4-7-6(3-1)8-5-9-7;1-2;;;;;/h1-4H;1-2H3;4*1H;/q;;;;;;+4/p-4. The van der Waals surface area contributed by atoms with Crippen LogP contribution in [0.5, 0.6) is 0 Å². The average Bonchev–Trinajstić information content (AvgIpc) is 2.48. The molecule has 0 N–H and O–H groups in total. The molecule has 0 aliphatic carbocycles. The van der Waals surface area contributed by atoms with E-state index in [1.165, 1.54) is 0 Å². The number of hydrogen-bond donors (Lipinski definition) is 0. The molecule has 2 aromatic rings. The van der Waals surface area contributed by atoms with Crippen LogP contribution in [0, 0.1) is 0 Å². The molecule has 1 aromatic carbocycles. The van der Waals surface area contributed by atoms with Gasteiger partial charge in [0.15, 0.2) is 0 Å². The second-order valence-electron chi connectivity index (χ2n) is 1.99. The number of aromatic nitrogens is 1. The van der Waals surface area contributed by atoms with Crippen LogP contribution >= 0.6 is 0 Å². The van der Waals surface area contributed by atoms with Crippen molar-refractivity contribution in [2.45, 2.75) is 13.8 Å². The molecular formula is C9H10Cl4NOTi. The predicted molar refractivity (Wildman–Crippen MR) is 45.0 cm³/mol. The summed E-state index contributed by atoms with van der Waals surface area (Å²) in [5.41, 5.74) is 1.79. The Hall–Kier alpha value is 0.564. The van der Waals surface area contributed by atoms with Gasteiger partial charge in [0.25, 0.3) is 0 Å². The normalized spacial score (nSPS) is 7.00. The van der Waals surface area contributed by atoms with Gasteiger partial charge in [-0.15, -0.1) is 0 Å². The second kappa shape index (κ2) is 13.6. The van der Waals surface area contributed by atoms with Crippen molar-refractivity contribution in [2.75, 3.05) is 0 Å². The molecule has 89 valence electrons. The van der Waals surface area contributed by atoms with Crippen molar-refractivity contribution in [3.8, 4) is 0 Å². The Kier molecular flexibility index (Phi) is 21.7. The molecule has 0 bridgehead atoms. The molecule has 0 aliphatic rings. The Morgan fingerprint density at radius 2 is 1.50 bits per heavy atom. The predicted octanol–water partition coefficient (Wildman–Crippen LogP) is -9.96. The molecule has 0 saturated carbocycles. The number of halogens is 4. The van der Waals surface area contributed by atoms with Crippen molar-refractivity contribution in [3.63, 3.8) is 0 Å². The van der Waals surface area contributed by atoms with Crippen molar-refractivity contribution in [1.82, 2.24) is 4.98 Å². The van der Waals surface area contributed by atoms with Gasteiger partial charge in [-0.05, 0) is 0 Å². The maximum absolute atomic E-state index is 5.26. The van der Waals surface area contributed by atoms with Crippen LogP contribution in [0.2, 0.25) is 0 Å². The van der Waals surface area contributed by atoms with Crippen LogP contribution in [0.25, 0.3) is 11.1 Å². The van der Waals surface area contributed by atoms with E-state index in [9.17, 15) is 0 Å². The summed E-state index contributed by atoms with van der Waals surface area (Å²) >= 11 is 1.85. The maximum atomic E-state index is 5.26. The first kappa shape index (κ1) is 25.4. The summed E-state index contributed by atoms with van der Waals surface area (Å²) in [5, 5.41) is 0. The SMILES string of the molecule is CC.[Cl-].[Cl-].[Cl-].[Cl-].[Ti+4][c]1nc2ccccc2o1. The van der Waals surface area contributed by atoms with Gasteiger partial charge in [0.05, 0.1) is 0 Å². The van der Waals surface area contributed by atoms with Crippen LogP contribution in [0.4, 0.5) is 0 Å². The van der Waals surface area contributed by atoms with Crippen LogP contribution in [-0.4, -0.2) is 4.98 Å². The summed E-state index contributed by atoms with van der Waals surface area (Å²) in [6, 6.07) is 7.73. The Labute approximate surface area is 132 Å². The molecule has 0 unspecified atom stereocenters. The first-order chi connectivity index (χ1) is 5.86. The summed E-state index contributed by atoms with van der Waals surface area (Å²) in [6.45, 7) is 4.00. The molecule has 0 radical (unpaired) electrons. The molecule has 0 atom stereocenters. The third-order valence-electron chi connectivity index (χ3n) is 1.29. The van der Waals surface area contributed by atoms with Crippen LogP contribution < -0.4 is 53.8 Å². The summed E-state index contributed by atoms with van der Waals surface area (Å²) < 4.78 is 5.98. The minimum atomic E-state index is 0. The van der Waals surface area contributed by atoms with Crippen LogP contribution in [0.15, 0.2) is 28.7 Å². The van der Waals surface area contributed by atoms with Gasteiger partial charge >= 0.3 is 69.4 Å². The van der Waals surface area contributed by atoms with E-state index in [-0.39, 0.29) is 49.6 Å². The molecule has 2 rings (SSSR count). The Balaban J connectivity index is -0.000000114. The molecule has 1 aromatic heterocycles. The average molecular weight is 338 g/mol. The number of nitrogens with zero attached hydrogens (tertiary/aromatic N) is 1. The van der Waals surface area contributed by atoms with Crippen LogP contribution in [0.3, 0.4) is 0 Å². The van der Waals surface area contributed by atoms with Crippen molar-refractivity contribution < 1.29 is 74.5 Å². The fraction of sp³-hybridized carbons (Fsp3) is 0.222. The molecule has 16 heavy (non-hydrogen) atoms. The van der Waals surface area contributed by atoms with Gasteiger partial charge < -0.3 is 49.6 Å². The molecular weight excluding hydrogens is 328 g/mol. The number of oxazole rings is 1. The van der Waals surface area contributed by atoms with Gasteiger partial charge in [-0.25, -0.2) is 0 Å². The minimum absolute atomic E-state index is 0. The fourth-order valence-electron chi connectivity index (χ4n) is 0.872. The van der Waals surface area contributed by atoms with E-state index in [1.54, 1.807) is 0 Å². The third kappa shape index (κ3) is 7.00. The Morgan fingerprint density at radius 1 is 1.00 bits per heavy atom. The van der Waals surface area contributed by atoms with Gasteiger partial charge in [0.1, 0.15) is 0 Å². The zero-order valence-electron chi connectivity index (χ0n) is 8.68. The molecule has 0 saturated heterocycles. The monoisotopic (exact) mass is 336 g/mol. The second-order valence-corrected chi connectivity index (χ2v) is 2.65. The van der Waals surface area contributed by atoms with Gasteiger partial charge in [-0.1, -0.05) is 13.8 Å². The molecule has 0 spiro atoms. The summed E-state index contributed by atoms with van der Waals surface area (Å²) in [6.07, 6.45) is 0. The topological polar surface area (TPSA) is 26.0 Å². The number of rotatable bonds is 0. The fourth-order valence-corrected chi connectivity index (χ4v) is 1.23. The summed E-state index contributed by atoms with van der Waals surface area (Å²) in [5.74, 6) is 0. The van der Waals surface area contributed by atoms with Crippen molar-refractivity contribution in [1.29, 1.82) is 0 Å². The van der Waals surface area contributed by atoms with Crippen molar-refractivity contribution in [3.05, 3.63) is 24.3 Å². The van der Waals surface area contributed by atoms with E-state index in [0.29, 0.717) is 0 Å². The summed E-state index contributed by atoms with van der Waals surface area (Å²) in [7, 11) is 0. The molecule has 0 fully saturated rings. The summed E-state index contributed by atoms with van der Waals surface area (Å²) in [4.78, 5) is 4.15. The zero-order chi connectivity index (χ0) is 8.97. The molecule has 2 nitrogen and oxygen atoms in total. The quantitative estimate of drug-likeness (QED) is 0.446. The van der Waals surface area contributed by atoms with Gasteiger partial charge in [0, 0.05) is 0 Å². The van der Waals surface area contributed by atoms with E-state index in [4.69, 9.17) is 4.42 Å². The van der Waals surface area contributed by atoms with Gasteiger partial charge in [-0.2, -0.15) is 0 Å². The molecule has 0 aliphatic heterocycles. The van der Waals surface area contributed by atoms with Crippen molar-refractivity contribution >= 4 is 15.3 Å². The van der Waals surface area contributed by atoms with E-state index in [2.05, 4.69) is 4.98 Å². The number of benzene rings is 1. The number of para-hydroxylation sites is 2. The first-order valence-corrected chi connectivity index (χ1v) is 4.71. The van der Waals surface area contributed by atoms with E-state index in [1.807, 2.05) is 58.5 Å². The Bertz CT molecular complexity index is 336. The van der Waals surface area contributed by atoms with Crippen LogP contribution in [0.1, 0.15) is 13.8 Å². The third-order valence-corrected chi connectivity index (χ3v) is 1.63. The van der Waals surface area contributed by atoms with E-state index in [0.717, 1.165) is 15.3 Å². The van der Waals surface area contributed by atoms with Gasteiger partial charge in [0.2, 0.25) is 0 Å². The number of fused-ring (bicyclic) bond motifs is 1. The molecule has 0 amide bonds. The molecule has 1 heterocycles. The van der Waals surface area contributed by atoms with E-state index < -0.39 is 0 Å². The zero-order valence-corrected chi connectivity index (χ0v) is 13.3. The first-order valence-electron chi connectivity index (χ1n) is 3.93. The Morgan fingerprint density at radius 3 is 2.00 bits per heavy atom. The molecule has 7 heteroatoms. The number of hydrogen-bond acceptors (Lipinski definition) is 2. The van der Waals surface area contributed by atoms with E-state index >= 15 is 0 Å².